The van der Waals surface area contributed by atoms with Gasteiger partial charge >= 0.3 is 0 Å². The monoisotopic (exact) mass is 375 g/mol. The van der Waals surface area contributed by atoms with Crippen molar-refractivity contribution in [1.82, 2.24) is 14.9 Å². The summed E-state index contributed by atoms with van der Waals surface area (Å²) in [6.45, 7) is 2.86. The fourth-order valence-electron chi connectivity index (χ4n) is 3.78. The molecular weight excluding hydrogens is 354 g/mol. The van der Waals surface area contributed by atoms with E-state index >= 15 is 0 Å². The van der Waals surface area contributed by atoms with Crippen LogP contribution in [0, 0.1) is 0 Å². The van der Waals surface area contributed by atoms with E-state index in [1.54, 1.807) is 0 Å². The Morgan fingerprint density at radius 2 is 1.93 bits per heavy atom. The Bertz CT molecular complexity index is 1010. The van der Waals surface area contributed by atoms with Crippen LogP contribution in [0.3, 0.4) is 0 Å². The first kappa shape index (κ1) is 16.7. The fourth-order valence-corrected chi connectivity index (χ4v) is 4.87. The molecule has 0 amide bonds. The number of hydrogen-bond acceptors (Lipinski definition) is 5. The predicted octanol–water partition coefficient (Wildman–Crippen LogP) is 5.33. The predicted molar refractivity (Wildman–Crippen MR) is 109 cm³/mol. The topological polar surface area (TPSA) is 42.2 Å². The molecule has 1 aliphatic rings. The summed E-state index contributed by atoms with van der Waals surface area (Å²) in [5, 5.41) is 1.26. The molecule has 1 saturated heterocycles. The molecule has 0 spiro atoms. The summed E-state index contributed by atoms with van der Waals surface area (Å²) >= 11 is 1.84. The van der Waals surface area contributed by atoms with Gasteiger partial charge in [-0.2, -0.15) is 0 Å². The highest BCUT2D eigenvalue weighted by atomic mass is 32.1. The van der Waals surface area contributed by atoms with E-state index in [0.29, 0.717) is 5.92 Å². The number of piperidine rings is 1. The Morgan fingerprint density at radius 3 is 2.81 bits per heavy atom. The number of hydrogen-bond donors (Lipinski definition) is 0. The fraction of sp³-hybridized carbons (Fsp3) is 0.273. The molecule has 5 rings (SSSR count). The SMILES string of the molecule is c1ccc(-c2cnc(CN3CCC[C@@H](c4nc5ccccc5s4)C3)o2)cc1. The Hall–Kier alpha value is -2.50. The number of fused-ring (bicyclic) bond motifs is 1. The van der Waals surface area contributed by atoms with Crippen LogP contribution in [-0.4, -0.2) is 28.0 Å². The van der Waals surface area contributed by atoms with E-state index in [0.717, 1.165) is 42.4 Å². The summed E-state index contributed by atoms with van der Waals surface area (Å²) < 4.78 is 7.28. The largest absolute Gasteiger partial charge is 0.439 e. The number of benzene rings is 2. The zero-order valence-corrected chi connectivity index (χ0v) is 15.9. The molecule has 4 nitrogen and oxygen atoms in total. The van der Waals surface area contributed by atoms with E-state index in [4.69, 9.17) is 9.40 Å². The molecule has 0 saturated carbocycles. The van der Waals surface area contributed by atoms with Gasteiger partial charge in [0, 0.05) is 18.0 Å². The van der Waals surface area contributed by atoms with Crippen LogP contribution in [-0.2, 0) is 6.54 Å². The second-order valence-electron chi connectivity index (χ2n) is 7.08. The summed E-state index contributed by atoms with van der Waals surface area (Å²) in [4.78, 5) is 11.8. The third-order valence-corrected chi connectivity index (χ3v) is 6.33. The summed E-state index contributed by atoms with van der Waals surface area (Å²) in [6.07, 6.45) is 4.23. The number of thiazole rings is 1. The maximum atomic E-state index is 6.00. The first-order valence-electron chi connectivity index (χ1n) is 9.43. The quantitative estimate of drug-likeness (QED) is 0.483. The van der Waals surface area contributed by atoms with Crippen LogP contribution in [0.1, 0.15) is 29.7 Å². The van der Waals surface area contributed by atoms with Crippen molar-refractivity contribution >= 4 is 21.6 Å². The van der Waals surface area contributed by atoms with Crippen LogP contribution in [0.4, 0.5) is 0 Å². The maximum Gasteiger partial charge on any atom is 0.209 e. The van der Waals surface area contributed by atoms with Gasteiger partial charge in [-0.05, 0) is 31.5 Å². The lowest BCUT2D eigenvalue weighted by atomic mass is 9.99. The summed E-state index contributed by atoms with van der Waals surface area (Å²) in [7, 11) is 0. The smallest absolute Gasteiger partial charge is 0.209 e. The number of aromatic nitrogens is 2. The van der Waals surface area contributed by atoms with Crippen molar-refractivity contribution in [2.45, 2.75) is 25.3 Å². The van der Waals surface area contributed by atoms with Gasteiger partial charge in [0.25, 0.3) is 0 Å². The normalized spacial score (nSPS) is 18.1. The third-order valence-electron chi connectivity index (χ3n) is 5.14. The Kier molecular flexibility index (Phi) is 4.47. The van der Waals surface area contributed by atoms with Crippen molar-refractivity contribution < 1.29 is 4.42 Å². The van der Waals surface area contributed by atoms with E-state index in [1.807, 2.05) is 47.9 Å². The Balaban J connectivity index is 1.29. The van der Waals surface area contributed by atoms with Gasteiger partial charge in [-0.3, -0.25) is 4.90 Å². The molecule has 0 radical (unpaired) electrons. The van der Waals surface area contributed by atoms with Crippen LogP contribution in [0.5, 0.6) is 0 Å². The minimum atomic E-state index is 0.500. The lowest BCUT2D eigenvalue weighted by Crippen LogP contribution is -2.33. The van der Waals surface area contributed by atoms with Gasteiger partial charge in [0.05, 0.1) is 28.0 Å². The Morgan fingerprint density at radius 1 is 1.07 bits per heavy atom. The van der Waals surface area contributed by atoms with E-state index < -0.39 is 0 Å². The number of rotatable bonds is 4. The summed E-state index contributed by atoms with van der Waals surface area (Å²) in [5.74, 6) is 2.13. The highest BCUT2D eigenvalue weighted by molar-refractivity contribution is 7.18. The zero-order valence-electron chi connectivity index (χ0n) is 15.0. The van der Waals surface area contributed by atoms with Crippen molar-refractivity contribution in [2.24, 2.45) is 0 Å². The Labute approximate surface area is 162 Å². The lowest BCUT2D eigenvalue weighted by molar-refractivity contribution is 0.184. The minimum Gasteiger partial charge on any atom is -0.439 e. The number of oxazole rings is 1. The van der Waals surface area contributed by atoms with Crippen molar-refractivity contribution in [1.29, 1.82) is 0 Å². The van der Waals surface area contributed by atoms with Crippen LogP contribution < -0.4 is 0 Å². The van der Waals surface area contributed by atoms with Crippen LogP contribution in [0.25, 0.3) is 21.5 Å². The standard InChI is InChI=1S/C22H21N3OS/c1-2-7-16(8-3-1)19-13-23-21(26-19)15-25-12-6-9-17(14-25)22-24-18-10-4-5-11-20(18)27-22/h1-5,7-8,10-11,13,17H,6,9,12,14-15H2/t17-/m1/s1. The number of para-hydroxylation sites is 1. The minimum absolute atomic E-state index is 0.500. The molecule has 1 fully saturated rings. The van der Waals surface area contributed by atoms with Gasteiger partial charge in [-0.25, -0.2) is 9.97 Å². The molecule has 2 aromatic carbocycles. The van der Waals surface area contributed by atoms with Gasteiger partial charge in [0.2, 0.25) is 5.89 Å². The van der Waals surface area contributed by atoms with Crippen molar-refractivity contribution in [3.63, 3.8) is 0 Å². The average Bonchev–Trinajstić information content (AvgIpc) is 3.36. The molecule has 1 aliphatic heterocycles. The molecule has 136 valence electrons. The first-order chi connectivity index (χ1) is 13.3. The van der Waals surface area contributed by atoms with Crippen LogP contribution >= 0.6 is 11.3 Å². The highest BCUT2D eigenvalue weighted by Gasteiger charge is 2.25. The summed E-state index contributed by atoms with van der Waals surface area (Å²) in [6, 6.07) is 18.6. The van der Waals surface area contributed by atoms with E-state index in [2.05, 4.69) is 34.1 Å². The van der Waals surface area contributed by atoms with Crippen molar-refractivity contribution in [2.75, 3.05) is 13.1 Å². The number of nitrogens with zero attached hydrogens (tertiary/aromatic N) is 3. The second-order valence-corrected chi connectivity index (χ2v) is 8.14. The molecular formula is C22H21N3OS. The molecule has 4 aromatic rings. The van der Waals surface area contributed by atoms with Gasteiger partial charge < -0.3 is 4.42 Å². The summed E-state index contributed by atoms with van der Waals surface area (Å²) in [5.41, 5.74) is 2.19. The van der Waals surface area contributed by atoms with Gasteiger partial charge in [-0.1, -0.05) is 42.5 Å². The average molecular weight is 375 g/mol. The first-order valence-corrected chi connectivity index (χ1v) is 10.2. The van der Waals surface area contributed by atoms with Crippen molar-refractivity contribution in [3.8, 4) is 11.3 Å². The van der Waals surface area contributed by atoms with Gasteiger partial charge in [-0.15, -0.1) is 11.3 Å². The molecule has 27 heavy (non-hydrogen) atoms. The van der Waals surface area contributed by atoms with Crippen LogP contribution in [0.2, 0.25) is 0 Å². The molecule has 0 bridgehead atoms. The molecule has 1 atom stereocenters. The van der Waals surface area contributed by atoms with Gasteiger partial charge in [0.15, 0.2) is 5.76 Å². The lowest BCUT2D eigenvalue weighted by Gasteiger charge is -2.30. The van der Waals surface area contributed by atoms with E-state index in [9.17, 15) is 0 Å². The zero-order chi connectivity index (χ0) is 18.1. The highest BCUT2D eigenvalue weighted by Crippen LogP contribution is 2.33. The van der Waals surface area contributed by atoms with E-state index in [1.165, 1.54) is 22.5 Å². The molecule has 2 aromatic heterocycles. The van der Waals surface area contributed by atoms with Crippen molar-refractivity contribution in [3.05, 3.63) is 71.7 Å². The molecule has 0 unspecified atom stereocenters. The van der Waals surface area contributed by atoms with Gasteiger partial charge in [0.1, 0.15) is 0 Å². The molecule has 0 aliphatic carbocycles. The van der Waals surface area contributed by atoms with E-state index in [-0.39, 0.29) is 0 Å². The number of likely N-dealkylation sites (tertiary alicyclic amines) is 1. The third kappa shape index (κ3) is 3.53. The molecule has 3 heterocycles. The molecule has 0 N–H and O–H groups in total. The van der Waals surface area contributed by atoms with Crippen LogP contribution in [0.15, 0.2) is 65.2 Å². The maximum absolute atomic E-state index is 6.00. The molecule has 5 heteroatoms. The second kappa shape index (κ2) is 7.25.